The highest BCUT2D eigenvalue weighted by atomic mass is 19.1. The van der Waals surface area contributed by atoms with E-state index in [1.807, 2.05) is 0 Å². The number of carbonyl (C=O) groups is 1. The summed E-state index contributed by atoms with van der Waals surface area (Å²) < 4.78 is 12.7. The number of Topliss-reactive ketones (excluding diaryl/α,β-unsaturated/α-hetero) is 1. The van der Waals surface area contributed by atoms with Crippen LogP contribution < -0.4 is 0 Å². The van der Waals surface area contributed by atoms with Crippen molar-refractivity contribution in [1.82, 2.24) is 0 Å². The number of rotatable bonds is 2. The van der Waals surface area contributed by atoms with Crippen molar-refractivity contribution < 1.29 is 14.3 Å². The average Bonchev–Trinajstić information content (AvgIpc) is 2.04. The molecule has 0 fully saturated rings. The van der Waals surface area contributed by atoms with Gasteiger partial charge in [-0.15, -0.1) is 0 Å². The third-order valence-electron chi connectivity index (χ3n) is 2.07. The molecule has 0 aromatic heterocycles. The fraction of sp³-hybridized carbons (Fsp3) is 0.300. The van der Waals surface area contributed by atoms with Crippen molar-refractivity contribution in [3.05, 3.63) is 35.6 Å². The van der Waals surface area contributed by atoms with Crippen molar-refractivity contribution in [3.63, 3.8) is 0 Å². The van der Waals surface area contributed by atoms with E-state index in [2.05, 4.69) is 0 Å². The van der Waals surface area contributed by atoms with Crippen LogP contribution in [0.5, 0.6) is 0 Å². The second-order valence-corrected chi connectivity index (χ2v) is 3.14. The van der Waals surface area contributed by atoms with Crippen LogP contribution in [0.1, 0.15) is 19.4 Å². The predicted octanol–water partition coefficient (Wildman–Crippen LogP) is 1.62. The molecule has 0 saturated carbocycles. The highest BCUT2D eigenvalue weighted by Gasteiger charge is 2.28. The summed E-state index contributed by atoms with van der Waals surface area (Å²) >= 11 is 0. The second kappa shape index (κ2) is 3.26. The first-order valence-corrected chi connectivity index (χ1v) is 3.94. The molecule has 0 spiro atoms. The quantitative estimate of drug-likeness (QED) is 0.754. The fourth-order valence-corrected chi connectivity index (χ4v) is 0.995. The Morgan fingerprint density at radius 3 is 2.62 bits per heavy atom. The molecule has 3 heteroatoms. The summed E-state index contributed by atoms with van der Waals surface area (Å²) in [7, 11) is 0. The minimum Gasteiger partial charge on any atom is -0.378 e. The van der Waals surface area contributed by atoms with Crippen LogP contribution in [-0.4, -0.2) is 10.9 Å². The molecule has 1 atom stereocenters. The van der Waals surface area contributed by atoms with Crippen molar-refractivity contribution in [3.8, 4) is 0 Å². The van der Waals surface area contributed by atoms with Gasteiger partial charge in [0.1, 0.15) is 11.4 Å². The van der Waals surface area contributed by atoms with Gasteiger partial charge in [0.15, 0.2) is 5.78 Å². The van der Waals surface area contributed by atoms with Gasteiger partial charge >= 0.3 is 0 Å². The van der Waals surface area contributed by atoms with Crippen molar-refractivity contribution in [2.24, 2.45) is 0 Å². The third-order valence-corrected chi connectivity index (χ3v) is 2.07. The number of hydrogen-bond donors (Lipinski definition) is 1. The summed E-state index contributed by atoms with van der Waals surface area (Å²) in [5.74, 6) is -0.864. The van der Waals surface area contributed by atoms with Crippen molar-refractivity contribution in [1.29, 1.82) is 0 Å². The van der Waals surface area contributed by atoms with Crippen molar-refractivity contribution >= 4 is 5.78 Å². The lowest BCUT2D eigenvalue weighted by Gasteiger charge is -2.19. The Kier molecular flexibility index (Phi) is 2.48. The molecule has 0 aliphatic rings. The molecule has 0 radical (unpaired) electrons. The van der Waals surface area contributed by atoms with Gasteiger partial charge in [-0.3, -0.25) is 4.79 Å². The molecule has 1 aromatic carbocycles. The Bertz CT molecular complexity index is 331. The molecule has 0 aliphatic carbocycles. The summed E-state index contributed by atoms with van der Waals surface area (Å²) in [6.45, 7) is 2.62. The van der Waals surface area contributed by atoms with Gasteiger partial charge < -0.3 is 5.11 Å². The Hall–Kier alpha value is -1.22. The zero-order valence-electron chi connectivity index (χ0n) is 7.54. The molecule has 0 bridgehead atoms. The second-order valence-electron chi connectivity index (χ2n) is 3.14. The molecular formula is C10H11FO2. The Labute approximate surface area is 76.0 Å². The fourth-order valence-electron chi connectivity index (χ4n) is 0.995. The van der Waals surface area contributed by atoms with Crippen LogP contribution in [0.2, 0.25) is 0 Å². The maximum absolute atomic E-state index is 12.7. The van der Waals surface area contributed by atoms with Gasteiger partial charge in [0.2, 0.25) is 0 Å². The van der Waals surface area contributed by atoms with Crippen LogP contribution in [-0.2, 0) is 10.4 Å². The van der Waals surface area contributed by atoms with Crippen LogP contribution in [0.25, 0.3) is 0 Å². The van der Waals surface area contributed by atoms with Crippen LogP contribution in [0.4, 0.5) is 4.39 Å². The van der Waals surface area contributed by atoms with Crippen LogP contribution in [0, 0.1) is 5.82 Å². The van der Waals surface area contributed by atoms with E-state index in [9.17, 15) is 14.3 Å². The van der Waals surface area contributed by atoms with E-state index < -0.39 is 17.2 Å². The monoisotopic (exact) mass is 182 g/mol. The molecule has 1 unspecified atom stereocenters. The van der Waals surface area contributed by atoms with Crippen molar-refractivity contribution in [2.75, 3.05) is 0 Å². The highest BCUT2D eigenvalue weighted by Crippen LogP contribution is 2.21. The molecule has 13 heavy (non-hydrogen) atoms. The Morgan fingerprint density at radius 1 is 1.54 bits per heavy atom. The minimum absolute atomic E-state index is 0.278. The smallest absolute Gasteiger partial charge is 0.165 e. The first-order chi connectivity index (χ1) is 5.94. The highest BCUT2D eigenvalue weighted by molar-refractivity contribution is 5.85. The molecule has 0 amide bonds. The maximum atomic E-state index is 12.7. The number of halogens is 1. The van der Waals surface area contributed by atoms with Gasteiger partial charge in [-0.05, 0) is 31.5 Å². The number of aliphatic hydroxyl groups is 1. The molecule has 70 valence electrons. The Balaban J connectivity index is 3.14. The summed E-state index contributed by atoms with van der Waals surface area (Å²) in [5.41, 5.74) is -1.32. The van der Waals surface area contributed by atoms with Gasteiger partial charge in [0.05, 0.1) is 0 Å². The first kappa shape index (κ1) is 9.86. The molecule has 0 saturated heterocycles. The van der Waals surface area contributed by atoms with E-state index in [4.69, 9.17) is 0 Å². The van der Waals surface area contributed by atoms with Gasteiger partial charge in [0, 0.05) is 0 Å². The Morgan fingerprint density at radius 2 is 2.15 bits per heavy atom. The molecule has 1 rings (SSSR count). The zero-order chi connectivity index (χ0) is 10.1. The molecule has 2 nitrogen and oxygen atoms in total. The topological polar surface area (TPSA) is 37.3 Å². The van der Waals surface area contributed by atoms with Crippen LogP contribution in [0.3, 0.4) is 0 Å². The van der Waals surface area contributed by atoms with E-state index in [-0.39, 0.29) is 5.56 Å². The SMILES string of the molecule is CC(=O)C(C)(O)c1cccc(F)c1. The maximum Gasteiger partial charge on any atom is 0.165 e. The van der Waals surface area contributed by atoms with Gasteiger partial charge in [0.25, 0.3) is 0 Å². The normalized spacial score (nSPS) is 15.1. The van der Waals surface area contributed by atoms with E-state index in [1.54, 1.807) is 0 Å². The average molecular weight is 182 g/mol. The lowest BCUT2D eigenvalue weighted by Crippen LogP contribution is -2.29. The van der Waals surface area contributed by atoms with E-state index in [1.165, 1.54) is 32.0 Å². The largest absolute Gasteiger partial charge is 0.378 e. The summed E-state index contributed by atoms with van der Waals surface area (Å²) in [6, 6.07) is 5.40. The van der Waals surface area contributed by atoms with E-state index in [0.717, 1.165) is 6.07 Å². The number of carbonyl (C=O) groups excluding carboxylic acids is 1. The summed E-state index contributed by atoms with van der Waals surface area (Å²) in [5, 5.41) is 9.67. The molecular weight excluding hydrogens is 171 g/mol. The summed E-state index contributed by atoms with van der Waals surface area (Å²) in [6.07, 6.45) is 0. The first-order valence-electron chi connectivity index (χ1n) is 3.94. The molecule has 1 N–H and O–H groups in total. The zero-order valence-corrected chi connectivity index (χ0v) is 7.54. The predicted molar refractivity (Wildman–Crippen MR) is 46.7 cm³/mol. The third kappa shape index (κ3) is 1.92. The number of ketones is 1. The van der Waals surface area contributed by atoms with E-state index >= 15 is 0 Å². The standard InChI is InChI=1S/C10H11FO2/c1-7(12)10(2,13)8-4-3-5-9(11)6-8/h3-6,13H,1-2H3. The van der Waals surface area contributed by atoms with Crippen LogP contribution >= 0.6 is 0 Å². The number of hydrogen-bond acceptors (Lipinski definition) is 2. The lowest BCUT2D eigenvalue weighted by molar-refractivity contribution is -0.134. The van der Waals surface area contributed by atoms with Crippen molar-refractivity contribution in [2.45, 2.75) is 19.4 Å². The van der Waals surface area contributed by atoms with Gasteiger partial charge in [-0.1, -0.05) is 12.1 Å². The molecule has 0 aliphatic heterocycles. The minimum atomic E-state index is -1.60. The van der Waals surface area contributed by atoms with Gasteiger partial charge in [-0.2, -0.15) is 0 Å². The summed E-state index contributed by atoms with van der Waals surface area (Å²) in [4.78, 5) is 11.0. The van der Waals surface area contributed by atoms with E-state index in [0.29, 0.717) is 0 Å². The van der Waals surface area contributed by atoms with Gasteiger partial charge in [-0.25, -0.2) is 4.39 Å². The molecule has 0 heterocycles. The van der Waals surface area contributed by atoms with Crippen LogP contribution in [0.15, 0.2) is 24.3 Å². The molecule has 1 aromatic rings. The lowest BCUT2D eigenvalue weighted by atomic mass is 9.92. The number of benzene rings is 1.